The maximum Gasteiger partial charge on any atom is 0.327 e. The van der Waals surface area contributed by atoms with Gasteiger partial charge in [-0.05, 0) is 0 Å². The van der Waals surface area contributed by atoms with Crippen LogP contribution in [0.25, 0.3) is 0 Å². The van der Waals surface area contributed by atoms with Crippen LogP contribution in [0.15, 0.2) is 0 Å². The molecule has 0 unspecified atom stereocenters. The largest absolute Gasteiger partial charge is 0.394 e. The van der Waals surface area contributed by atoms with Gasteiger partial charge in [0.25, 0.3) is 0 Å². The van der Waals surface area contributed by atoms with Gasteiger partial charge >= 0.3 is 8.69 Å². The molecule has 6 heteroatoms. The number of rotatable bonds is 9. The Morgan fingerprint density at radius 2 is 1.58 bits per heavy atom. The molecule has 0 rings (SSSR count). The van der Waals surface area contributed by atoms with E-state index < -0.39 is 0 Å². The van der Waals surface area contributed by atoms with Gasteiger partial charge in [0.1, 0.15) is 0 Å². The van der Waals surface area contributed by atoms with E-state index in [0.717, 1.165) is 0 Å². The van der Waals surface area contributed by atoms with Crippen molar-refractivity contribution >= 4 is 8.69 Å². The molecule has 5 nitrogen and oxygen atoms in total. The van der Waals surface area contributed by atoms with Gasteiger partial charge in [-0.15, -0.1) is 0 Å². The molecule has 0 bridgehead atoms. The topological polar surface area (TPSA) is 65.0 Å². The lowest BCUT2D eigenvalue weighted by atomic mass is 10.7. The molecule has 0 aromatic rings. The van der Waals surface area contributed by atoms with Crippen LogP contribution in [-0.4, -0.2) is 44.7 Å². The molecule has 0 aliphatic rings. The average Bonchev–Trinajstić information content (AvgIpc) is 2.10. The summed E-state index contributed by atoms with van der Waals surface area (Å²) in [6.07, 6.45) is 0. The Kier molecular flexibility index (Phi) is 10.9. The predicted molar refractivity (Wildman–Crippen MR) is 42.3 cm³/mol. The van der Waals surface area contributed by atoms with Crippen LogP contribution in [0.5, 0.6) is 0 Å². The fourth-order valence-corrected chi connectivity index (χ4v) is 0.669. The van der Waals surface area contributed by atoms with Crippen LogP contribution in [0.3, 0.4) is 0 Å². The second-order valence-corrected chi connectivity index (χ2v) is 2.26. The Balaban J connectivity index is 2.77. The maximum absolute atomic E-state index is 9.75. The van der Waals surface area contributed by atoms with Crippen molar-refractivity contribution in [3.63, 3.8) is 0 Å². The highest BCUT2D eigenvalue weighted by Gasteiger charge is 1.89. The number of hydrogen-bond donors (Lipinski definition) is 1. The summed E-state index contributed by atoms with van der Waals surface area (Å²) < 4.78 is 24.1. The van der Waals surface area contributed by atoms with E-state index in [-0.39, 0.29) is 15.3 Å². The lowest BCUT2D eigenvalue weighted by Gasteiger charge is -2.02. The molecule has 0 saturated heterocycles. The molecule has 0 saturated carbocycles. The first kappa shape index (κ1) is 11.9. The van der Waals surface area contributed by atoms with Crippen molar-refractivity contribution in [2.45, 2.75) is 0 Å². The van der Waals surface area contributed by atoms with Gasteiger partial charge in [0, 0.05) is 0 Å². The molecule has 0 radical (unpaired) electrons. The lowest BCUT2D eigenvalue weighted by Crippen LogP contribution is -2.09. The zero-order valence-corrected chi connectivity index (χ0v) is 7.66. The first-order valence-electron chi connectivity index (χ1n) is 3.62. The molecular weight excluding hydrogens is 183 g/mol. The van der Waals surface area contributed by atoms with Crippen LogP contribution < -0.4 is 0 Å². The van der Waals surface area contributed by atoms with Crippen molar-refractivity contribution in [2.24, 2.45) is 0 Å². The summed E-state index contributed by atoms with van der Waals surface area (Å²) in [6.45, 7) is 1.98. The Morgan fingerprint density at radius 1 is 1.00 bits per heavy atom. The molecule has 0 aliphatic heterocycles. The summed E-state index contributed by atoms with van der Waals surface area (Å²) in [5.41, 5.74) is 0. The van der Waals surface area contributed by atoms with Crippen LogP contribution >= 0.6 is 8.69 Å². The van der Waals surface area contributed by atoms with Gasteiger partial charge in [0.15, 0.2) is 0 Å². The van der Waals surface area contributed by atoms with Gasteiger partial charge in [-0.3, -0.25) is 4.52 Å². The van der Waals surface area contributed by atoms with E-state index in [1.165, 1.54) is 0 Å². The van der Waals surface area contributed by atoms with Crippen molar-refractivity contribution in [3.05, 3.63) is 0 Å². The van der Waals surface area contributed by atoms with Crippen molar-refractivity contribution in [3.8, 4) is 0 Å². The summed E-state index contributed by atoms with van der Waals surface area (Å²) in [6, 6.07) is 0. The summed E-state index contributed by atoms with van der Waals surface area (Å²) in [7, 11) is -0.323. The lowest BCUT2D eigenvalue weighted by molar-refractivity contribution is 0.0257. The molecule has 0 spiro atoms. The molecule has 0 atom stereocenters. The third kappa shape index (κ3) is 9.94. The molecule has 0 fully saturated rings. The fraction of sp³-hybridized carbons (Fsp3) is 1.00. The Bertz CT molecular complexity index is 99.9. The quantitative estimate of drug-likeness (QED) is 0.422. The van der Waals surface area contributed by atoms with Gasteiger partial charge in [-0.25, -0.2) is 4.57 Å². The van der Waals surface area contributed by atoms with Crippen molar-refractivity contribution in [2.75, 3.05) is 39.6 Å². The molecule has 0 aliphatic carbocycles. The van der Waals surface area contributed by atoms with Crippen LogP contribution in [0, 0.1) is 0 Å². The molecular formula is C6H13O5P. The summed E-state index contributed by atoms with van der Waals surface area (Å²) >= 11 is 0. The Hall–Kier alpha value is -0.0600. The molecule has 0 aromatic heterocycles. The van der Waals surface area contributed by atoms with Gasteiger partial charge in [0.05, 0.1) is 39.6 Å². The highest BCUT2D eigenvalue weighted by atomic mass is 31.1. The SMILES string of the molecule is O=POCCOCCOCCO. The molecule has 1 N–H and O–H groups in total. The summed E-state index contributed by atoms with van der Waals surface area (Å²) in [5.74, 6) is 0. The number of aliphatic hydroxyl groups excluding tert-OH is 1. The molecule has 0 heterocycles. The van der Waals surface area contributed by atoms with Crippen LogP contribution in [0.2, 0.25) is 0 Å². The first-order valence-corrected chi connectivity index (χ1v) is 4.36. The zero-order chi connectivity index (χ0) is 9.07. The van der Waals surface area contributed by atoms with E-state index in [0.29, 0.717) is 33.0 Å². The highest BCUT2D eigenvalue weighted by molar-refractivity contribution is 7.17. The minimum atomic E-state index is -0.323. The molecule has 72 valence electrons. The predicted octanol–water partition coefficient (Wildman–Crippen LogP) is 0.235. The van der Waals surface area contributed by atoms with Gasteiger partial charge in [-0.1, -0.05) is 0 Å². The van der Waals surface area contributed by atoms with Crippen molar-refractivity contribution < 1.29 is 23.7 Å². The Morgan fingerprint density at radius 3 is 2.17 bits per heavy atom. The highest BCUT2D eigenvalue weighted by Crippen LogP contribution is 1.92. The Labute approximate surface area is 72.9 Å². The molecule has 0 amide bonds. The summed E-state index contributed by atoms with van der Waals surface area (Å²) in [5, 5.41) is 8.32. The van der Waals surface area contributed by atoms with E-state index in [2.05, 4.69) is 4.52 Å². The van der Waals surface area contributed by atoms with Gasteiger partial charge in [0.2, 0.25) is 0 Å². The van der Waals surface area contributed by atoms with Gasteiger partial charge in [-0.2, -0.15) is 0 Å². The third-order valence-electron chi connectivity index (χ3n) is 0.979. The number of hydrogen-bond acceptors (Lipinski definition) is 5. The third-order valence-corrected chi connectivity index (χ3v) is 1.27. The van der Waals surface area contributed by atoms with E-state index in [1.54, 1.807) is 0 Å². The number of ether oxygens (including phenoxy) is 2. The van der Waals surface area contributed by atoms with E-state index in [4.69, 9.17) is 14.6 Å². The standard InChI is InChI=1S/C6H13O5P/c7-1-2-9-3-4-10-5-6-11-12-8/h7H,1-6H2. The number of aliphatic hydroxyl groups is 1. The van der Waals surface area contributed by atoms with E-state index >= 15 is 0 Å². The monoisotopic (exact) mass is 196 g/mol. The van der Waals surface area contributed by atoms with Crippen LogP contribution in [0.4, 0.5) is 0 Å². The molecule has 0 aromatic carbocycles. The minimum Gasteiger partial charge on any atom is -0.394 e. The first-order chi connectivity index (χ1) is 5.91. The summed E-state index contributed by atoms with van der Waals surface area (Å²) in [4.78, 5) is 0. The fourth-order valence-electron chi connectivity index (χ4n) is 0.520. The van der Waals surface area contributed by atoms with Crippen molar-refractivity contribution in [1.82, 2.24) is 0 Å². The smallest absolute Gasteiger partial charge is 0.327 e. The maximum atomic E-state index is 9.75. The minimum absolute atomic E-state index is 0.0260. The normalized spacial score (nSPS) is 10.8. The van der Waals surface area contributed by atoms with E-state index in [1.807, 2.05) is 0 Å². The van der Waals surface area contributed by atoms with E-state index in [9.17, 15) is 4.57 Å². The zero-order valence-electron chi connectivity index (χ0n) is 6.77. The van der Waals surface area contributed by atoms with Crippen LogP contribution in [0.1, 0.15) is 0 Å². The molecule has 12 heavy (non-hydrogen) atoms. The van der Waals surface area contributed by atoms with Gasteiger partial charge < -0.3 is 14.6 Å². The second kappa shape index (κ2) is 10.9. The van der Waals surface area contributed by atoms with Crippen LogP contribution in [-0.2, 0) is 18.6 Å². The second-order valence-electron chi connectivity index (χ2n) is 1.86. The van der Waals surface area contributed by atoms with Crippen molar-refractivity contribution in [1.29, 1.82) is 0 Å². The average molecular weight is 196 g/mol.